The summed E-state index contributed by atoms with van der Waals surface area (Å²) in [4.78, 5) is 5.09. The molecule has 0 saturated carbocycles. The number of anilines is 1. The first kappa shape index (κ1) is 13.9. The van der Waals surface area contributed by atoms with Crippen LogP contribution in [-0.4, -0.2) is 50.2 Å². The monoisotopic (exact) mass is 273 g/mol. The van der Waals surface area contributed by atoms with E-state index >= 15 is 0 Å². The van der Waals surface area contributed by atoms with Crippen molar-refractivity contribution in [1.82, 2.24) is 10.2 Å². The minimum atomic E-state index is 0.675. The molecule has 3 heteroatoms. The summed E-state index contributed by atoms with van der Waals surface area (Å²) < 4.78 is 0. The molecule has 1 aromatic carbocycles. The zero-order chi connectivity index (χ0) is 13.9. The van der Waals surface area contributed by atoms with Crippen molar-refractivity contribution in [2.24, 2.45) is 0 Å². The minimum absolute atomic E-state index is 0.675. The second-order valence-corrected chi connectivity index (χ2v) is 6.40. The third-order valence-electron chi connectivity index (χ3n) is 4.83. The summed E-state index contributed by atoms with van der Waals surface area (Å²) in [6, 6.07) is 9.98. The Morgan fingerprint density at radius 3 is 2.30 bits per heavy atom. The van der Waals surface area contributed by atoms with E-state index in [1.54, 1.807) is 0 Å². The van der Waals surface area contributed by atoms with Crippen molar-refractivity contribution in [2.45, 2.75) is 32.2 Å². The van der Waals surface area contributed by atoms with Crippen LogP contribution in [0.1, 0.15) is 31.7 Å². The highest BCUT2D eigenvalue weighted by molar-refractivity contribution is 5.48. The predicted molar refractivity (Wildman–Crippen MR) is 85.6 cm³/mol. The van der Waals surface area contributed by atoms with Gasteiger partial charge in [0.15, 0.2) is 0 Å². The first-order valence-electron chi connectivity index (χ1n) is 8.04. The van der Waals surface area contributed by atoms with Crippen LogP contribution in [0.4, 0.5) is 5.69 Å². The Labute approximate surface area is 123 Å². The van der Waals surface area contributed by atoms with Gasteiger partial charge in [-0.1, -0.05) is 12.1 Å². The zero-order valence-electron chi connectivity index (χ0n) is 12.8. The molecule has 20 heavy (non-hydrogen) atoms. The summed E-state index contributed by atoms with van der Waals surface area (Å²) >= 11 is 0. The Hall–Kier alpha value is -1.06. The zero-order valence-corrected chi connectivity index (χ0v) is 12.8. The van der Waals surface area contributed by atoms with E-state index in [9.17, 15) is 0 Å². The molecule has 0 aliphatic carbocycles. The van der Waals surface area contributed by atoms with E-state index in [1.807, 2.05) is 0 Å². The van der Waals surface area contributed by atoms with E-state index in [0.717, 1.165) is 25.6 Å². The molecule has 0 bridgehead atoms. The van der Waals surface area contributed by atoms with E-state index in [0.29, 0.717) is 6.04 Å². The summed E-state index contributed by atoms with van der Waals surface area (Å²) in [5.41, 5.74) is 2.89. The normalized spacial score (nSPS) is 24.6. The Kier molecular flexibility index (Phi) is 4.27. The van der Waals surface area contributed by atoms with Gasteiger partial charge < -0.3 is 10.2 Å². The van der Waals surface area contributed by atoms with E-state index in [4.69, 9.17) is 0 Å². The molecule has 1 N–H and O–H groups in total. The van der Waals surface area contributed by atoms with Gasteiger partial charge in [-0.15, -0.1) is 0 Å². The first-order chi connectivity index (χ1) is 9.74. The Balaban J connectivity index is 1.60. The highest BCUT2D eigenvalue weighted by Gasteiger charge is 2.20. The van der Waals surface area contributed by atoms with Gasteiger partial charge in [0.1, 0.15) is 0 Å². The molecule has 0 aromatic heterocycles. The highest BCUT2D eigenvalue weighted by Crippen LogP contribution is 2.25. The molecule has 1 unspecified atom stereocenters. The average Bonchev–Trinajstić information content (AvgIpc) is 3.02. The smallest absolute Gasteiger partial charge is 0.0367 e. The van der Waals surface area contributed by atoms with Gasteiger partial charge in [0.25, 0.3) is 0 Å². The van der Waals surface area contributed by atoms with Crippen molar-refractivity contribution in [2.75, 3.05) is 44.2 Å². The van der Waals surface area contributed by atoms with Gasteiger partial charge in [0.05, 0.1) is 0 Å². The molecule has 3 nitrogen and oxygen atoms in total. The fourth-order valence-electron chi connectivity index (χ4n) is 3.39. The SMILES string of the molecule is CC(C)N1CCN(c2ccc(C3CCNC3)cc2)CC1. The van der Waals surface area contributed by atoms with Gasteiger partial charge in [0, 0.05) is 44.5 Å². The molecule has 2 fully saturated rings. The molecule has 3 rings (SSSR count). The number of hydrogen-bond acceptors (Lipinski definition) is 3. The molecule has 110 valence electrons. The van der Waals surface area contributed by atoms with Gasteiger partial charge >= 0.3 is 0 Å². The number of piperazine rings is 1. The van der Waals surface area contributed by atoms with Crippen LogP contribution in [0.15, 0.2) is 24.3 Å². The van der Waals surface area contributed by atoms with Crippen molar-refractivity contribution >= 4 is 5.69 Å². The third kappa shape index (κ3) is 2.99. The second kappa shape index (κ2) is 6.15. The number of nitrogens with one attached hydrogen (secondary N) is 1. The summed E-state index contributed by atoms with van der Waals surface area (Å²) in [6.07, 6.45) is 1.28. The Bertz CT molecular complexity index is 412. The van der Waals surface area contributed by atoms with Crippen LogP contribution in [-0.2, 0) is 0 Å². The van der Waals surface area contributed by atoms with Crippen molar-refractivity contribution in [1.29, 1.82) is 0 Å². The van der Waals surface area contributed by atoms with Crippen molar-refractivity contribution < 1.29 is 0 Å². The molecule has 1 aromatic rings. The molecule has 2 saturated heterocycles. The summed E-state index contributed by atoms with van der Waals surface area (Å²) in [7, 11) is 0. The lowest BCUT2D eigenvalue weighted by Crippen LogP contribution is -2.48. The van der Waals surface area contributed by atoms with Crippen LogP contribution in [0.2, 0.25) is 0 Å². The van der Waals surface area contributed by atoms with Crippen LogP contribution < -0.4 is 10.2 Å². The summed E-state index contributed by atoms with van der Waals surface area (Å²) in [5.74, 6) is 0.724. The molecule has 0 radical (unpaired) electrons. The number of nitrogens with zero attached hydrogens (tertiary/aromatic N) is 2. The molecule has 0 amide bonds. The van der Waals surface area contributed by atoms with Crippen LogP contribution in [0.3, 0.4) is 0 Å². The Morgan fingerprint density at radius 2 is 1.75 bits per heavy atom. The van der Waals surface area contributed by atoms with E-state index in [1.165, 1.54) is 37.3 Å². The second-order valence-electron chi connectivity index (χ2n) is 6.40. The van der Waals surface area contributed by atoms with Gasteiger partial charge in [0.2, 0.25) is 0 Å². The summed E-state index contributed by atoms with van der Waals surface area (Å²) in [6.45, 7) is 11.6. The largest absolute Gasteiger partial charge is 0.369 e. The van der Waals surface area contributed by atoms with Gasteiger partial charge in [-0.05, 0) is 50.4 Å². The molecular weight excluding hydrogens is 246 g/mol. The maximum Gasteiger partial charge on any atom is 0.0367 e. The lowest BCUT2D eigenvalue weighted by molar-refractivity contribution is 0.209. The summed E-state index contributed by atoms with van der Waals surface area (Å²) in [5, 5.41) is 3.45. The van der Waals surface area contributed by atoms with E-state index in [2.05, 4.69) is 53.2 Å². The Morgan fingerprint density at radius 1 is 1.05 bits per heavy atom. The third-order valence-corrected chi connectivity index (χ3v) is 4.83. The van der Waals surface area contributed by atoms with E-state index < -0.39 is 0 Å². The fraction of sp³-hybridized carbons (Fsp3) is 0.647. The fourth-order valence-corrected chi connectivity index (χ4v) is 3.39. The molecule has 1 atom stereocenters. The number of benzene rings is 1. The number of rotatable bonds is 3. The topological polar surface area (TPSA) is 18.5 Å². The molecule has 0 spiro atoms. The number of hydrogen-bond donors (Lipinski definition) is 1. The van der Waals surface area contributed by atoms with Crippen molar-refractivity contribution in [3.05, 3.63) is 29.8 Å². The molecule has 2 heterocycles. The van der Waals surface area contributed by atoms with Gasteiger partial charge in [-0.25, -0.2) is 0 Å². The lowest BCUT2D eigenvalue weighted by Gasteiger charge is -2.38. The van der Waals surface area contributed by atoms with Crippen LogP contribution >= 0.6 is 0 Å². The van der Waals surface area contributed by atoms with Gasteiger partial charge in [-0.2, -0.15) is 0 Å². The average molecular weight is 273 g/mol. The van der Waals surface area contributed by atoms with Crippen molar-refractivity contribution in [3.8, 4) is 0 Å². The van der Waals surface area contributed by atoms with Crippen LogP contribution in [0, 0.1) is 0 Å². The first-order valence-corrected chi connectivity index (χ1v) is 8.04. The standard InChI is InChI=1S/C17H27N3/c1-14(2)19-9-11-20(12-10-19)17-5-3-15(4-6-17)16-7-8-18-13-16/h3-6,14,16,18H,7-13H2,1-2H3. The predicted octanol–water partition coefficient (Wildman–Crippen LogP) is 2.29. The molecular formula is C17H27N3. The maximum atomic E-state index is 3.45. The van der Waals surface area contributed by atoms with Gasteiger partial charge in [-0.3, -0.25) is 4.90 Å². The maximum absolute atomic E-state index is 3.45. The minimum Gasteiger partial charge on any atom is -0.369 e. The molecule has 2 aliphatic heterocycles. The highest BCUT2D eigenvalue weighted by atomic mass is 15.3. The van der Waals surface area contributed by atoms with Crippen LogP contribution in [0.25, 0.3) is 0 Å². The van der Waals surface area contributed by atoms with E-state index in [-0.39, 0.29) is 0 Å². The molecule has 2 aliphatic rings. The van der Waals surface area contributed by atoms with Crippen LogP contribution in [0.5, 0.6) is 0 Å². The van der Waals surface area contributed by atoms with Crippen molar-refractivity contribution in [3.63, 3.8) is 0 Å². The lowest BCUT2D eigenvalue weighted by atomic mass is 9.98. The quantitative estimate of drug-likeness (QED) is 0.911.